The predicted octanol–water partition coefficient (Wildman–Crippen LogP) is 5.60. The van der Waals surface area contributed by atoms with Crippen molar-refractivity contribution < 1.29 is 9.18 Å². The van der Waals surface area contributed by atoms with Crippen LogP contribution in [0.5, 0.6) is 0 Å². The van der Waals surface area contributed by atoms with Gasteiger partial charge in [-0.3, -0.25) is 9.36 Å². The fourth-order valence-electron chi connectivity index (χ4n) is 4.50. The Balaban J connectivity index is 1.47. The van der Waals surface area contributed by atoms with Crippen LogP contribution in [0.2, 0.25) is 0 Å². The molecule has 2 aromatic carbocycles. The highest BCUT2D eigenvalue weighted by atomic mass is 19.1. The number of nitrogens with zero attached hydrogens (tertiary/aromatic N) is 3. The maximum Gasteiger partial charge on any atom is 0.251 e. The van der Waals surface area contributed by atoms with Crippen LogP contribution in [-0.4, -0.2) is 26.5 Å². The van der Waals surface area contributed by atoms with E-state index in [1.165, 1.54) is 25.3 Å². The SMILES string of the molecule is Cc1cn(-c2ncc(-c3ccccc3F)cn2)c2cc(C(=O)NC3CCCCC3)ccc12. The van der Waals surface area contributed by atoms with Gasteiger partial charge in [-0.2, -0.15) is 0 Å². The van der Waals surface area contributed by atoms with E-state index in [4.69, 9.17) is 0 Å². The van der Waals surface area contributed by atoms with Crippen LogP contribution in [0.25, 0.3) is 28.0 Å². The molecule has 0 saturated heterocycles. The summed E-state index contributed by atoms with van der Waals surface area (Å²) in [5, 5.41) is 4.22. The molecule has 0 radical (unpaired) electrons. The Morgan fingerprint density at radius 1 is 1.06 bits per heavy atom. The summed E-state index contributed by atoms with van der Waals surface area (Å²) in [4.78, 5) is 21.8. The van der Waals surface area contributed by atoms with Gasteiger partial charge in [-0.1, -0.05) is 43.5 Å². The summed E-state index contributed by atoms with van der Waals surface area (Å²) in [7, 11) is 0. The van der Waals surface area contributed by atoms with Crippen molar-refractivity contribution in [3.63, 3.8) is 0 Å². The molecule has 1 fully saturated rings. The molecule has 1 N–H and O–H groups in total. The zero-order chi connectivity index (χ0) is 22.1. The highest BCUT2D eigenvalue weighted by Gasteiger charge is 2.18. The van der Waals surface area contributed by atoms with Gasteiger partial charge in [-0.15, -0.1) is 0 Å². The number of carbonyl (C=O) groups is 1. The topological polar surface area (TPSA) is 59.8 Å². The lowest BCUT2D eigenvalue weighted by Gasteiger charge is -2.22. The average Bonchev–Trinajstić information content (AvgIpc) is 3.16. The molecule has 2 heterocycles. The lowest BCUT2D eigenvalue weighted by atomic mass is 9.95. The Kier molecular flexibility index (Phi) is 5.43. The molecule has 5 nitrogen and oxygen atoms in total. The summed E-state index contributed by atoms with van der Waals surface area (Å²) >= 11 is 0. The van der Waals surface area contributed by atoms with E-state index in [1.54, 1.807) is 30.6 Å². The van der Waals surface area contributed by atoms with E-state index < -0.39 is 0 Å². The summed E-state index contributed by atoms with van der Waals surface area (Å²) in [6, 6.07) is 12.6. The molecule has 0 bridgehead atoms. The van der Waals surface area contributed by atoms with Crippen molar-refractivity contribution >= 4 is 16.8 Å². The first-order valence-corrected chi connectivity index (χ1v) is 11.1. The van der Waals surface area contributed by atoms with E-state index >= 15 is 0 Å². The first kappa shape index (κ1) is 20.4. The first-order valence-electron chi connectivity index (χ1n) is 11.1. The third kappa shape index (κ3) is 3.88. The molecule has 4 aromatic rings. The lowest BCUT2D eigenvalue weighted by molar-refractivity contribution is 0.0928. The number of amides is 1. The predicted molar refractivity (Wildman–Crippen MR) is 123 cm³/mol. The molecule has 0 spiro atoms. The number of aromatic nitrogens is 3. The summed E-state index contributed by atoms with van der Waals surface area (Å²) < 4.78 is 16.0. The molecule has 0 unspecified atom stereocenters. The van der Waals surface area contributed by atoms with Crippen molar-refractivity contribution in [3.8, 4) is 17.1 Å². The lowest BCUT2D eigenvalue weighted by Crippen LogP contribution is -2.36. The number of halogens is 1. The monoisotopic (exact) mass is 428 g/mol. The van der Waals surface area contributed by atoms with Crippen LogP contribution in [0.1, 0.15) is 48.0 Å². The molecular weight excluding hydrogens is 403 g/mol. The highest BCUT2D eigenvalue weighted by Crippen LogP contribution is 2.26. The molecule has 2 aromatic heterocycles. The second kappa shape index (κ2) is 8.54. The standard InChI is InChI=1S/C26H25FN4O/c1-17-16-31(26-28-14-19(15-29-26)22-9-5-6-10-23(22)27)24-13-18(11-12-21(17)24)25(32)30-20-7-3-2-4-8-20/h5-6,9-16,20H,2-4,7-8H2,1H3,(H,30,32). The number of aryl methyl sites for hydroxylation is 1. The molecule has 1 amide bonds. The Morgan fingerprint density at radius 3 is 2.56 bits per heavy atom. The molecule has 32 heavy (non-hydrogen) atoms. The molecule has 0 aliphatic heterocycles. The maximum atomic E-state index is 14.1. The second-order valence-corrected chi connectivity index (χ2v) is 8.47. The van der Waals surface area contributed by atoms with Crippen LogP contribution >= 0.6 is 0 Å². The molecule has 0 atom stereocenters. The van der Waals surface area contributed by atoms with Gasteiger partial charge in [0.2, 0.25) is 5.95 Å². The largest absolute Gasteiger partial charge is 0.349 e. The number of benzene rings is 2. The number of carbonyl (C=O) groups excluding carboxylic acids is 1. The zero-order valence-corrected chi connectivity index (χ0v) is 18.0. The molecular formula is C26H25FN4O. The molecule has 162 valence electrons. The average molecular weight is 429 g/mol. The van der Waals surface area contributed by atoms with E-state index in [0.29, 0.717) is 22.6 Å². The zero-order valence-electron chi connectivity index (χ0n) is 18.0. The Morgan fingerprint density at radius 2 is 1.81 bits per heavy atom. The fraction of sp³-hybridized carbons (Fsp3) is 0.269. The van der Waals surface area contributed by atoms with E-state index in [0.717, 1.165) is 29.3 Å². The van der Waals surface area contributed by atoms with E-state index in [1.807, 2.05) is 35.9 Å². The molecule has 6 heteroatoms. The molecule has 1 aliphatic rings. The minimum atomic E-state index is -0.306. The van der Waals surface area contributed by atoms with Crippen molar-refractivity contribution in [1.82, 2.24) is 19.9 Å². The van der Waals surface area contributed by atoms with Crippen molar-refractivity contribution in [2.45, 2.75) is 45.1 Å². The maximum absolute atomic E-state index is 14.1. The van der Waals surface area contributed by atoms with Gasteiger partial charge in [0.05, 0.1) is 5.52 Å². The van der Waals surface area contributed by atoms with Crippen LogP contribution < -0.4 is 5.32 Å². The van der Waals surface area contributed by atoms with Gasteiger partial charge in [0.25, 0.3) is 5.91 Å². The third-order valence-corrected chi connectivity index (χ3v) is 6.25. The highest BCUT2D eigenvalue weighted by molar-refractivity contribution is 5.99. The van der Waals surface area contributed by atoms with Gasteiger partial charge in [-0.25, -0.2) is 14.4 Å². The van der Waals surface area contributed by atoms with Crippen molar-refractivity contribution in [2.75, 3.05) is 0 Å². The smallest absolute Gasteiger partial charge is 0.251 e. The van der Waals surface area contributed by atoms with Crippen molar-refractivity contribution in [3.05, 3.63) is 78.0 Å². The Bertz CT molecular complexity index is 1270. The normalized spacial score (nSPS) is 14.6. The number of hydrogen-bond donors (Lipinski definition) is 1. The summed E-state index contributed by atoms with van der Waals surface area (Å²) in [5.41, 5.74) is 3.66. The quantitative estimate of drug-likeness (QED) is 0.460. The summed E-state index contributed by atoms with van der Waals surface area (Å²) in [6.45, 7) is 2.02. The summed E-state index contributed by atoms with van der Waals surface area (Å²) in [6.07, 6.45) is 10.9. The second-order valence-electron chi connectivity index (χ2n) is 8.47. The Labute approximate surface area is 186 Å². The van der Waals surface area contributed by atoms with Crippen LogP contribution in [0.4, 0.5) is 4.39 Å². The van der Waals surface area contributed by atoms with Gasteiger partial charge in [-0.05, 0) is 43.5 Å². The number of rotatable bonds is 4. The van der Waals surface area contributed by atoms with Gasteiger partial charge in [0.15, 0.2) is 0 Å². The van der Waals surface area contributed by atoms with Crippen LogP contribution in [0, 0.1) is 12.7 Å². The number of fused-ring (bicyclic) bond motifs is 1. The van der Waals surface area contributed by atoms with Crippen molar-refractivity contribution in [2.24, 2.45) is 0 Å². The number of nitrogens with one attached hydrogen (secondary N) is 1. The van der Waals surface area contributed by atoms with Crippen LogP contribution in [-0.2, 0) is 0 Å². The number of hydrogen-bond acceptors (Lipinski definition) is 3. The molecule has 5 rings (SSSR count). The summed E-state index contributed by atoms with van der Waals surface area (Å²) in [5.74, 6) is 0.132. The van der Waals surface area contributed by atoms with Crippen molar-refractivity contribution in [1.29, 1.82) is 0 Å². The minimum absolute atomic E-state index is 0.0416. The van der Waals surface area contributed by atoms with Crippen LogP contribution in [0.3, 0.4) is 0 Å². The van der Waals surface area contributed by atoms with Crippen LogP contribution in [0.15, 0.2) is 61.1 Å². The van der Waals surface area contributed by atoms with Gasteiger partial charge < -0.3 is 5.32 Å². The fourth-order valence-corrected chi connectivity index (χ4v) is 4.50. The van der Waals surface area contributed by atoms with Gasteiger partial charge in [0.1, 0.15) is 5.82 Å². The van der Waals surface area contributed by atoms with E-state index in [9.17, 15) is 9.18 Å². The van der Waals surface area contributed by atoms with Gasteiger partial charge in [0, 0.05) is 46.7 Å². The van der Waals surface area contributed by atoms with E-state index in [-0.39, 0.29) is 17.8 Å². The van der Waals surface area contributed by atoms with Gasteiger partial charge >= 0.3 is 0 Å². The minimum Gasteiger partial charge on any atom is -0.349 e. The molecule has 1 aliphatic carbocycles. The third-order valence-electron chi connectivity index (χ3n) is 6.25. The first-order chi connectivity index (χ1) is 15.6. The molecule has 1 saturated carbocycles. The van der Waals surface area contributed by atoms with E-state index in [2.05, 4.69) is 15.3 Å². The Hall–Kier alpha value is -3.54.